The molecule has 0 N–H and O–H groups in total. The first-order valence-electron chi connectivity index (χ1n) is 14.0. The van der Waals surface area contributed by atoms with Crippen LogP contribution in [-0.2, 0) is 29.5 Å². The molecular formula is C33H38N2O5S. The Kier molecular flexibility index (Phi) is 8.16. The molecule has 0 saturated heterocycles. The van der Waals surface area contributed by atoms with E-state index >= 15 is 0 Å². The molecule has 2 heterocycles. The van der Waals surface area contributed by atoms with Gasteiger partial charge in [0, 0.05) is 49.7 Å². The summed E-state index contributed by atoms with van der Waals surface area (Å²) in [5.41, 5.74) is 5.74. The van der Waals surface area contributed by atoms with Crippen LogP contribution < -0.4 is 18.6 Å². The molecule has 6 rings (SSSR count). The summed E-state index contributed by atoms with van der Waals surface area (Å²) in [4.78, 5) is 4.58. The molecule has 1 atom stereocenters. The zero-order chi connectivity index (χ0) is 29.3. The van der Waals surface area contributed by atoms with Gasteiger partial charge in [0.05, 0.1) is 14.2 Å². The van der Waals surface area contributed by atoms with Gasteiger partial charge in [0.2, 0.25) is 0 Å². The molecule has 0 bridgehead atoms. The Morgan fingerprint density at radius 3 is 2.29 bits per heavy atom. The van der Waals surface area contributed by atoms with E-state index in [0.29, 0.717) is 11.1 Å². The molecule has 2 aliphatic rings. The molecule has 0 aliphatic carbocycles. The highest BCUT2D eigenvalue weighted by atomic mass is 32.2. The van der Waals surface area contributed by atoms with Gasteiger partial charge in [-0.25, -0.2) is 0 Å². The molecule has 0 fully saturated rings. The number of fused-ring (bicyclic) bond motifs is 5. The largest absolute Gasteiger partial charge is 0.497 e. The van der Waals surface area contributed by atoms with Crippen molar-refractivity contribution >= 4 is 26.6 Å². The number of nitrogens with zero attached hydrogens (tertiary/aromatic N) is 2. The predicted octanol–water partition coefficient (Wildman–Crippen LogP) is 6.37. The van der Waals surface area contributed by atoms with Gasteiger partial charge >= 0.3 is 10.1 Å². The standard InChI is InChI=1S/C31H32N2O5S.C2H6/c1-32(2)27-9-5-8-26-25(27)7-6-10-31(26)39(34,35)38-30-17-21-16-28-24-12-11-23(36-3)15-20(24)13-14-33(28)19-22(21)18-29(30)37-4;1-2/h5-12,15,17-18,28H,13-14,16,19H2,1-4H3;1-2H3. The third-order valence-electron chi connectivity index (χ3n) is 7.90. The van der Waals surface area contributed by atoms with Crippen molar-refractivity contribution in [3.63, 3.8) is 0 Å². The van der Waals surface area contributed by atoms with E-state index in [9.17, 15) is 8.42 Å². The molecule has 0 aromatic heterocycles. The van der Waals surface area contributed by atoms with Crippen LogP contribution in [0.5, 0.6) is 17.2 Å². The Morgan fingerprint density at radius 1 is 0.829 bits per heavy atom. The molecule has 41 heavy (non-hydrogen) atoms. The Labute approximate surface area is 243 Å². The van der Waals surface area contributed by atoms with Gasteiger partial charge in [0.15, 0.2) is 11.5 Å². The molecular weight excluding hydrogens is 536 g/mol. The SMILES string of the molecule is CC.COc1ccc2c(c1)CCN1Cc3cc(OC)c(OS(=O)(=O)c4cccc5c(N(C)C)cccc45)cc3CC21. The summed E-state index contributed by atoms with van der Waals surface area (Å²) in [5.74, 6) is 1.48. The molecule has 0 radical (unpaired) electrons. The quantitative estimate of drug-likeness (QED) is 0.248. The predicted molar refractivity (Wildman–Crippen MR) is 164 cm³/mol. The molecule has 0 saturated carbocycles. The summed E-state index contributed by atoms with van der Waals surface area (Å²) < 4.78 is 44.2. The van der Waals surface area contributed by atoms with Crippen LogP contribution >= 0.6 is 0 Å². The molecule has 1 unspecified atom stereocenters. The first-order chi connectivity index (χ1) is 19.8. The summed E-state index contributed by atoms with van der Waals surface area (Å²) in [7, 11) is 2.96. The van der Waals surface area contributed by atoms with E-state index in [1.165, 1.54) is 11.1 Å². The van der Waals surface area contributed by atoms with Crippen molar-refractivity contribution in [2.24, 2.45) is 0 Å². The molecule has 0 amide bonds. The van der Waals surface area contributed by atoms with E-state index in [-0.39, 0.29) is 16.7 Å². The maximum atomic E-state index is 13.7. The zero-order valence-corrected chi connectivity index (χ0v) is 25.4. The second kappa shape index (κ2) is 11.6. The van der Waals surface area contributed by atoms with Crippen LogP contribution in [0.15, 0.2) is 71.6 Å². The van der Waals surface area contributed by atoms with Crippen molar-refractivity contribution in [3.05, 3.63) is 89.0 Å². The first-order valence-corrected chi connectivity index (χ1v) is 15.4. The fraction of sp³-hybridized carbons (Fsp3) is 0.333. The van der Waals surface area contributed by atoms with Crippen LogP contribution in [0, 0.1) is 0 Å². The van der Waals surface area contributed by atoms with Gasteiger partial charge in [-0.05, 0) is 71.5 Å². The van der Waals surface area contributed by atoms with Gasteiger partial charge < -0.3 is 18.6 Å². The van der Waals surface area contributed by atoms with Gasteiger partial charge in [-0.3, -0.25) is 4.90 Å². The number of methoxy groups -OCH3 is 2. The summed E-state index contributed by atoms with van der Waals surface area (Å²) in [6, 6.07) is 21.2. The van der Waals surface area contributed by atoms with Gasteiger partial charge in [0.1, 0.15) is 10.6 Å². The van der Waals surface area contributed by atoms with E-state index in [1.807, 2.05) is 75.3 Å². The molecule has 4 aromatic carbocycles. The van der Waals surface area contributed by atoms with Crippen LogP contribution in [0.4, 0.5) is 5.69 Å². The van der Waals surface area contributed by atoms with E-state index in [1.54, 1.807) is 26.4 Å². The molecule has 4 aromatic rings. The Bertz CT molecular complexity index is 1680. The van der Waals surface area contributed by atoms with E-state index in [0.717, 1.165) is 53.9 Å². The summed E-state index contributed by atoms with van der Waals surface area (Å²) >= 11 is 0. The van der Waals surface area contributed by atoms with Gasteiger partial charge in [0.25, 0.3) is 0 Å². The normalized spacial score (nSPS) is 16.0. The van der Waals surface area contributed by atoms with Gasteiger partial charge in [-0.15, -0.1) is 0 Å². The van der Waals surface area contributed by atoms with Crippen LogP contribution in [0.25, 0.3) is 10.8 Å². The summed E-state index contributed by atoms with van der Waals surface area (Å²) in [6.07, 6.45) is 1.73. The monoisotopic (exact) mass is 574 g/mol. The lowest BCUT2D eigenvalue weighted by Crippen LogP contribution is -2.39. The lowest BCUT2D eigenvalue weighted by molar-refractivity contribution is 0.160. The highest BCUT2D eigenvalue weighted by Crippen LogP contribution is 2.43. The van der Waals surface area contributed by atoms with Crippen molar-refractivity contribution in [2.75, 3.05) is 39.8 Å². The number of hydrogen-bond acceptors (Lipinski definition) is 7. The van der Waals surface area contributed by atoms with Crippen molar-refractivity contribution in [1.82, 2.24) is 4.90 Å². The maximum Gasteiger partial charge on any atom is 0.339 e. The minimum atomic E-state index is -4.14. The second-order valence-corrected chi connectivity index (χ2v) is 11.9. The Morgan fingerprint density at radius 2 is 1.56 bits per heavy atom. The van der Waals surface area contributed by atoms with Gasteiger partial charge in [-0.1, -0.05) is 44.2 Å². The van der Waals surface area contributed by atoms with Crippen molar-refractivity contribution < 1.29 is 22.1 Å². The highest BCUT2D eigenvalue weighted by Gasteiger charge is 2.33. The fourth-order valence-corrected chi connectivity index (χ4v) is 7.11. The van der Waals surface area contributed by atoms with E-state index in [2.05, 4.69) is 17.0 Å². The van der Waals surface area contributed by atoms with Crippen LogP contribution in [0.1, 0.15) is 42.1 Å². The van der Waals surface area contributed by atoms with E-state index in [4.69, 9.17) is 13.7 Å². The average molecular weight is 575 g/mol. The van der Waals surface area contributed by atoms with Crippen molar-refractivity contribution in [2.45, 2.75) is 44.2 Å². The van der Waals surface area contributed by atoms with Crippen LogP contribution in [0.2, 0.25) is 0 Å². The first kappa shape index (κ1) is 28.8. The number of rotatable bonds is 6. The molecule has 216 valence electrons. The second-order valence-electron chi connectivity index (χ2n) is 10.3. The van der Waals surface area contributed by atoms with Crippen LogP contribution in [0.3, 0.4) is 0 Å². The van der Waals surface area contributed by atoms with Crippen molar-refractivity contribution in [1.29, 1.82) is 0 Å². The topological polar surface area (TPSA) is 68.3 Å². The minimum Gasteiger partial charge on any atom is -0.497 e. The molecule has 8 heteroatoms. The van der Waals surface area contributed by atoms with Crippen LogP contribution in [-0.4, -0.2) is 48.2 Å². The Balaban J connectivity index is 0.00000165. The average Bonchev–Trinajstić information content (AvgIpc) is 2.99. The summed E-state index contributed by atoms with van der Waals surface area (Å²) in [5, 5.41) is 1.46. The third-order valence-corrected chi connectivity index (χ3v) is 9.19. The number of benzene rings is 4. The fourth-order valence-electron chi connectivity index (χ4n) is 5.96. The lowest BCUT2D eigenvalue weighted by atomic mass is 9.84. The zero-order valence-electron chi connectivity index (χ0n) is 24.6. The van der Waals surface area contributed by atoms with Crippen molar-refractivity contribution in [3.8, 4) is 17.2 Å². The highest BCUT2D eigenvalue weighted by molar-refractivity contribution is 7.87. The number of anilines is 1. The number of hydrogen-bond donors (Lipinski definition) is 0. The lowest BCUT2D eigenvalue weighted by Gasteiger charge is -2.41. The molecule has 2 aliphatic heterocycles. The molecule has 0 spiro atoms. The third kappa shape index (κ3) is 5.34. The summed E-state index contributed by atoms with van der Waals surface area (Å²) in [6.45, 7) is 5.72. The smallest absolute Gasteiger partial charge is 0.339 e. The number of ether oxygens (including phenoxy) is 2. The Hall–Kier alpha value is -3.75. The minimum absolute atomic E-state index is 0.129. The maximum absolute atomic E-state index is 13.7. The van der Waals surface area contributed by atoms with E-state index < -0.39 is 10.1 Å². The van der Waals surface area contributed by atoms with Gasteiger partial charge in [-0.2, -0.15) is 8.42 Å². The molecule has 7 nitrogen and oxygen atoms in total.